The molecule has 0 aromatic heterocycles. The van der Waals surface area contributed by atoms with Crippen LogP contribution < -0.4 is 0 Å². The second-order valence-electron chi connectivity index (χ2n) is 6.93. The topological polar surface area (TPSA) is 21.6 Å². The molecule has 114 valence electrons. The predicted molar refractivity (Wildman–Crippen MR) is 91.1 cm³/mol. The van der Waals surface area contributed by atoms with Crippen LogP contribution in [0.5, 0.6) is 0 Å². The molecule has 0 fully saturated rings. The molecule has 22 heavy (non-hydrogen) atoms. The van der Waals surface area contributed by atoms with Crippen molar-refractivity contribution < 1.29 is 4.74 Å². The quantitative estimate of drug-likeness (QED) is 0.762. The number of hydrogen-bond acceptors (Lipinski definition) is 2. The minimum Gasteiger partial charge on any atom is -0.473 e. The molecule has 0 spiro atoms. The molecule has 2 nitrogen and oxygen atoms in total. The molecule has 0 aliphatic carbocycles. The lowest BCUT2D eigenvalue weighted by molar-refractivity contribution is 0.0501. The number of aliphatic imine (C=N–C) groups is 1. The number of ether oxygens (including phenoxy) is 1. The molecule has 1 aliphatic rings. The Morgan fingerprint density at radius 3 is 2.09 bits per heavy atom. The van der Waals surface area contributed by atoms with E-state index in [2.05, 4.69) is 57.2 Å². The summed E-state index contributed by atoms with van der Waals surface area (Å²) in [6.45, 7) is 6.69. The van der Waals surface area contributed by atoms with E-state index in [1.54, 1.807) is 0 Å². The van der Waals surface area contributed by atoms with Gasteiger partial charge in [0.1, 0.15) is 6.10 Å². The van der Waals surface area contributed by atoms with Crippen LogP contribution in [0.3, 0.4) is 0 Å². The molecule has 2 aromatic carbocycles. The van der Waals surface area contributed by atoms with Gasteiger partial charge in [-0.1, -0.05) is 69.3 Å². The third-order valence-corrected chi connectivity index (χ3v) is 4.14. The van der Waals surface area contributed by atoms with Crippen LogP contribution in [0.4, 0.5) is 0 Å². The lowest BCUT2D eigenvalue weighted by atomic mass is 9.83. The van der Waals surface area contributed by atoms with Crippen molar-refractivity contribution >= 4 is 5.90 Å². The maximum Gasteiger partial charge on any atom is 0.216 e. The number of rotatable bonds is 2. The second-order valence-corrected chi connectivity index (χ2v) is 6.93. The van der Waals surface area contributed by atoms with Crippen molar-refractivity contribution in [3.05, 3.63) is 71.8 Å². The van der Waals surface area contributed by atoms with Crippen LogP contribution in [-0.2, 0) is 4.74 Å². The zero-order chi connectivity index (χ0) is 15.6. The second kappa shape index (κ2) is 5.96. The largest absolute Gasteiger partial charge is 0.473 e. The molecule has 1 heterocycles. The summed E-state index contributed by atoms with van der Waals surface area (Å²) in [6, 6.07) is 20.9. The SMILES string of the molecule is CC(C)(C)[C@@H]1C[C@H](c2ccccc2)N=C(c2ccccc2)O1. The highest BCUT2D eigenvalue weighted by molar-refractivity contribution is 5.94. The fourth-order valence-corrected chi connectivity index (χ4v) is 2.75. The van der Waals surface area contributed by atoms with Gasteiger partial charge in [-0.3, -0.25) is 0 Å². The number of nitrogens with zero attached hydrogens (tertiary/aromatic N) is 1. The van der Waals surface area contributed by atoms with Gasteiger partial charge in [-0.25, -0.2) is 4.99 Å². The van der Waals surface area contributed by atoms with Crippen molar-refractivity contribution in [2.75, 3.05) is 0 Å². The molecular formula is C20H23NO. The number of benzene rings is 2. The highest BCUT2D eigenvalue weighted by Gasteiger charge is 2.34. The van der Waals surface area contributed by atoms with E-state index in [0.29, 0.717) is 0 Å². The van der Waals surface area contributed by atoms with E-state index >= 15 is 0 Å². The molecular weight excluding hydrogens is 270 g/mol. The van der Waals surface area contributed by atoms with Crippen LogP contribution in [0.2, 0.25) is 0 Å². The summed E-state index contributed by atoms with van der Waals surface area (Å²) >= 11 is 0. The lowest BCUT2D eigenvalue weighted by Gasteiger charge is -2.37. The summed E-state index contributed by atoms with van der Waals surface area (Å²) in [5, 5.41) is 0. The van der Waals surface area contributed by atoms with Crippen molar-refractivity contribution in [1.82, 2.24) is 0 Å². The zero-order valence-electron chi connectivity index (χ0n) is 13.5. The van der Waals surface area contributed by atoms with E-state index in [4.69, 9.17) is 9.73 Å². The Labute approximate surface area is 132 Å². The first-order valence-corrected chi connectivity index (χ1v) is 7.89. The minimum absolute atomic E-state index is 0.0863. The third kappa shape index (κ3) is 3.22. The molecule has 2 heteroatoms. The summed E-state index contributed by atoms with van der Waals surface area (Å²) < 4.78 is 6.24. The Kier molecular flexibility index (Phi) is 4.02. The third-order valence-electron chi connectivity index (χ3n) is 4.14. The van der Waals surface area contributed by atoms with Gasteiger partial charge < -0.3 is 4.74 Å². The standard InChI is InChI=1S/C20H23NO/c1-20(2,3)18-14-17(15-10-6-4-7-11-15)21-19(22-18)16-12-8-5-9-13-16/h4-13,17-18H,14H2,1-3H3/t17-,18+/m1/s1. The highest BCUT2D eigenvalue weighted by atomic mass is 16.5. The van der Waals surface area contributed by atoms with E-state index in [1.165, 1.54) is 5.56 Å². The van der Waals surface area contributed by atoms with E-state index in [-0.39, 0.29) is 17.6 Å². The van der Waals surface area contributed by atoms with Gasteiger partial charge in [-0.2, -0.15) is 0 Å². The molecule has 2 atom stereocenters. The van der Waals surface area contributed by atoms with Crippen LogP contribution in [0.25, 0.3) is 0 Å². The molecule has 3 rings (SSSR count). The molecule has 0 unspecified atom stereocenters. The Morgan fingerprint density at radius 1 is 0.909 bits per heavy atom. The molecule has 0 saturated heterocycles. The van der Waals surface area contributed by atoms with Crippen molar-refractivity contribution in [3.63, 3.8) is 0 Å². The fourth-order valence-electron chi connectivity index (χ4n) is 2.75. The molecule has 0 amide bonds. The van der Waals surface area contributed by atoms with E-state index < -0.39 is 0 Å². The van der Waals surface area contributed by atoms with Gasteiger partial charge in [0.25, 0.3) is 0 Å². The monoisotopic (exact) mass is 293 g/mol. The summed E-state index contributed by atoms with van der Waals surface area (Å²) in [5.41, 5.74) is 2.40. The normalized spacial score (nSPS) is 21.9. The lowest BCUT2D eigenvalue weighted by Crippen LogP contribution is -2.36. The number of hydrogen-bond donors (Lipinski definition) is 0. The van der Waals surface area contributed by atoms with Gasteiger partial charge in [0.05, 0.1) is 6.04 Å². The predicted octanol–water partition coefficient (Wildman–Crippen LogP) is 5.01. The summed E-state index contributed by atoms with van der Waals surface area (Å²) in [5.74, 6) is 0.764. The van der Waals surface area contributed by atoms with Crippen molar-refractivity contribution in [2.24, 2.45) is 10.4 Å². The van der Waals surface area contributed by atoms with Crippen LogP contribution in [0.1, 0.15) is 44.4 Å². The maximum absolute atomic E-state index is 6.24. The van der Waals surface area contributed by atoms with Crippen LogP contribution in [0, 0.1) is 5.41 Å². The van der Waals surface area contributed by atoms with Gasteiger partial charge in [0.2, 0.25) is 5.90 Å². The van der Waals surface area contributed by atoms with Crippen LogP contribution in [0.15, 0.2) is 65.7 Å². The van der Waals surface area contributed by atoms with Gasteiger partial charge in [-0.15, -0.1) is 0 Å². The zero-order valence-corrected chi connectivity index (χ0v) is 13.5. The first-order chi connectivity index (χ1) is 10.5. The molecule has 0 radical (unpaired) electrons. The molecule has 0 bridgehead atoms. The highest BCUT2D eigenvalue weighted by Crippen LogP contribution is 2.36. The van der Waals surface area contributed by atoms with Gasteiger partial charge in [0, 0.05) is 12.0 Å². The van der Waals surface area contributed by atoms with Gasteiger partial charge in [0.15, 0.2) is 0 Å². The van der Waals surface area contributed by atoms with Crippen molar-refractivity contribution in [2.45, 2.75) is 39.3 Å². The van der Waals surface area contributed by atoms with Gasteiger partial charge in [-0.05, 0) is 23.1 Å². The molecule has 1 aliphatic heterocycles. The molecule has 2 aromatic rings. The maximum atomic E-state index is 6.24. The Morgan fingerprint density at radius 2 is 1.50 bits per heavy atom. The average Bonchev–Trinajstić information content (AvgIpc) is 2.55. The van der Waals surface area contributed by atoms with E-state index in [0.717, 1.165) is 17.9 Å². The summed E-state index contributed by atoms with van der Waals surface area (Å²) in [7, 11) is 0. The van der Waals surface area contributed by atoms with Crippen molar-refractivity contribution in [1.29, 1.82) is 0 Å². The van der Waals surface area contributed by atoms with Crippen molar-refractivity contribution in [3.8, 4) is 0 Å². The van der Waals surface area contributed by atoms with E-state index in [9.17, 15) is 0 Å². The minimum atomic E-state index is 0.0863. The van der Waals surface area contributed by atoms with E-state index in [1.807, 2.05) is 24.3 Å². The molecule has 0 saturated carbocycles. The Hall–Kier alpha value is -2.09. The first kappa shape index (κ1) is 14.8. The fraction of sp³-hybridized carbons (Fsp3) is 0.350. The average molecular weight is 293 g/mol. The smallest absolute Gasteiger partial charge is 0.216 e. The Bertz CT molecular complexity index is 640. The summed E-state index contributed by atoms with van der Waals surface area (Å²) in [6.07, 6.45) is 1.08. The Balaban J connectivity index is 1.98. The first-order valence-electron chi connectivity index (χ1n) is 7.89. The van der Waals surface area contributed by atoms with Crippen LogP contribution >= 0.6 is 0 Å². The van der Waals surface area contributed by atoms with Gasteiger partial charge >= 0.3 is 0 Å². The summed E-state index contributed by atoms with van der Waals surface area (Å²) in [4.78, 5) is 4.88. The molecule has 0 N–H and O–H groups in total. The van der Waals surface area contributed by atoms with Crippen LogP contribution in [-0.4, -0.2) is 12.0 Å².